The van der Waals surface area contributed by atoms with Crippen LogP contribution >= 0.6 is 0 Å². The van der Waals surface area contributed by atoms with E-state index in [0.717, 1.165) is 74.2 Å². The van der Waals surface area contributed by atoms with Gasteiger partial charge in [0.05, 0.1) is 25.5 Å². The van der Waals surface area contributed by atoms with Gasteiger partial charge in [-0.3, -0.25) is 9.98 Å². The molecule has 0 spiro atoms. The highest BCUT2D eigenvalue weighted by Crippen LogP contribution is 2.16. The number of aliphatic imine (C=N–C) groups is 1. The summed E-state index contributed by atoms with van der Waals surface area (Å²) in [6, 6.07) is 16.5. The number of anilines is 1. The molecule has 6 heteroatoms. The molecule has 2 aromatic heterocycles. The van der Waals surface area contributed by atoms with Crippen molar-refractivity contribution in [2.45, 2.75) is 32.7 Å². The topological polar surface area (TPSA) is 63.5 Å². The molecule has 6 nitrogen and oxygen atoms in total. The van der Waals surface area contributed by atoms with Crippen LogP contribution in [-0.4, -0.2) is 47.5 Å². The maximum absolute atomic E-state index is 5.50. The molecule has 0 radical (unpaired) electrons. The number of morpholine rings is 1. The zero-order valence-electron chi connectivity index (χ0n) is 18.1. The smallest absolute Gasteiger partial charge is 0.132 e. The highest BCUT2D eigenvalue weighted by molar-refractivity contribution is 5.79. The second-order valence-electron chi connectivity index (χ2n) is 7.79. The van der Waals surface area contributed by atoms with Gasteiger partial charge in [0.1, 0.15) is 11.6 Å². The predicted octanol–water partition coefficient (Wildman–Crippen LogP) is 3.81. The molecule has 0 amide bonds. The third-order valence-corrected chi connectivity index (χ3v) is 5.24. The Hall–Kier alpha value is -3.12. The number of pyridine rings is 1. The summed E-state index contributed by atoms with van der Waals surface area (Å²) in [6.45, 7) is 5.82. The van der Waals surface area contributed by atoms with Crippen molar-refractivity contribution in [2.24, 2.45) is 4.99 Å². The first-order valence-electron chi connectivity index (χ1n) is 10.9. The molecule has 0 bridgehead atoms. The van der Waals surface area contributed by atoms with Crippen LogP contribution in [0.4, 0.5) is 5.82 Å². The van der Waals surface area contributed by atoms with Crippen LogP contribution in [0.15, 0.2) is 59.7 Å². The summed E-state index contributed by atoms with van der Waals surface area (Å²) < 4.78 is 5.50. The molecule has 1 saturated heterocycles. The van der Waals surface area contributed by atoms with Crippen molar-refractivity contribution in [1.82, 2.24) is 15.0 Å². The Bertz CT molecular complexity index is 1000. The molecule has 3 aromatic rings. The van der Waals surface area contributed by atoms with Crippen LogP contribution in [0.3, 0.4) is 0 Å². The number of hydrogen-bond donors (Lipinski definition) is 0. The average Bonchev–Trinajstić information content (AvgIpc) is 2.80. The minimum absolute atomic E-state index is 0.543. The van der Waals surface area contributed by atoms with Gasteiger partial charge in [0, 0.05) is 43.7 Å². The van der Waals surface area contributed by atoms with E-state index in [4.69, 9.17) is 14.7 Å². The molecule has 0 N–H and O–H groups in total. The third-order valence-electron chi connectivity index (χ3n) is 5.24. The molecule has 1 fully saturated rings. The number of rotatable bonds is 8. The van der Waals surface area contributed by atoms with Gasteiger partial charge in [-0.25, -0.2) is 9.97 Å². The van der Waals surface area contributed by atoms with Crippen LogP contribution in [-0.2, 0) is 24.1 Å². The third kappa shape index (κ3) is 6.43. The summed E-state index contributed by atoms with van der Waals surface area (Å²) in [5.41, 5.74) is 4.40. The maximum atomic E-state index is 5.50. The lowest BCUT2D eigenvalue weighted by atomic mass is 10.1. The van der Waals surface area contributed by atoms with Gasteiger partial charge >= 0.3 is 0 Å². The van der Waals surface area contributed by atoms with Gasteiger partial charge in [-0.1, -0.05) is 35.9 Å². The van der Waals surface area contributed by atoms with Crippen molar-refractivity contribution in [2.75, 3.05) is 31.2 Å². The quantitative estimate of drug-likeness (QED) is 0.524. The molecule has 160 valence electrons. The van der Waals surface area contributed by atoms with Crippen LogP contribution in [0.5, 0.6) is 0 Å². The molecule has 0 saturated carbocycles. The van der Waals surface area contributed by atoms with Crippen molar-refractivity contribution in [3.05, 3.63) is 83.1 Å². The average molecular weight is 416 g/mol. The van der Waals surface area contributed by atoms with E-state index >= 15 is 0 Å². The zero-order valence-corrected chi connectivity index (χ0v) is 18.1. The normalized spacial score (nSPS) is 14.3. The van der Waals surface area contributed by atoms with Crippen LogP contribution < -0.4 is 4.90 Å². The largest absolute Gasteiger partial charge is 0.378 e. The first kappa shape index (κ1) is 21.1. The SMILES string of the molecule is Cc1cccc(C=NCc2cc(N3CCOCC3)nc(CCCc3ccccn3)n2)c1. The summed E-state index contributed by atoms with van der Waals surface area (Å²) >= 11 is 0. The first-order chi connectivity index (χ1) is 15.3. The van der Waals surface area contributed by atoms with E-state index in [2.05, 4.69) is 58.2 Å². The molecule has 3 heterocycles. The van der Waals surface area contributed by atoms with Crippen molar-refractivity contribution in [3.63, 3.8) is 0 Å². The van der Waals surface area contributed by atoms with E-state index in [0.29, 0.717) is 6.54 Å². The summed E-state index contributed by atoms with van der Waals surface area (Å²) in [7, 11) is 0. The van der Waals surface area contributed by atoms with Gasteiger partial charge in [-0.05, 0) is 37.5 Å². The minimum Gasteiger partial charge on any atom is -0.378 e. The Morgan fingerprint density at radius 3 is 2.71 bits per heavy atom. The van der Waals surface area contributed by atoms with E-state index in [9.17, 15) is 0 Å². The number of benzene rings is 1. The number of nitrogens with zero attached hydrogens (tertiary/aromatic N) is 5. The molecule has 1 aliphatic rings. The van der Waals surface area contributed by atoms with Gasteiger partial charge in [0.15, 0.2) is 0 Å². The van der Waals surface area contributed by atoms with Crippen molar-refractivity contribution < 1.29 is 4.74 Å². The van der Waals surface area contributed by atoms with Crippen LogP contribution in [0, 0.1) is 6.92 Å². The molecule has 31 heavy (non-hydrogen) atoms. The highest BCUT2D eigenvalue weighted by Gasteiger charge is 2.15. The van der Waals surface area contributed by atoms with E-state index < -0.39 is 0 Å². The second kappa shape index (κ2) is 10.8. The molecule has 0 aliphatic carbocycles. The molecule has 0 atom stereocenters. The van der Waals surface area contributed by atoms with Crippen molar-refractivity contribution in [1.29, 1.82) is 0 Å². The predicted molar refractivity (Wildman–Crippen MR) is 124 cm³/mol. The summed E-state index contributed by atoms with van der Waals surface area (Å²) in [4.78, 5) is 21.0. The number of aryl methyl sites for hydroxylation is 3. The minimum atomic E-state index is 0.543. The standard InChI is InChI=1S/C25H29N5O/c1-20-6-4-7-21(16-20)18-26-19-23-17-25(30-12-14-31-15-13-30)29-24(28-23)10-5-9-22-8-2-3-11-27-22/h2-4,6-8,11,16-18H,5,9-10,12-15,19H2,1H3. The van der Waals surface area contributed by atoms with Crippen molar-refractivity contribution in [3.8, 4) is 0 Å². The summed E-state index contributed by atoms with van der Waals surface area (Å²) in [6.07, 6.45) is 6.48. The van der Waals surface area contributed by atoms with Crippen LogP contribution in [0.1, 0.15) is 34.8 Å². The second-order valence-corrected chi connectivity index (χ2v) is 7.79. The lowest BCUT2D eigenvalue weighted by molar-refractivity contribution is 0.122. The summed E-state index contributed by atoms with van der Waals surface area (Å²) in [5, 5.41) is 0. The first-order valence-corrected chi connectivity index (χ1v) is 10.9. The van der Waals surface area contributed by atoms with Gasteiger partial charge < -0.3 is 9.64 Å². The lowest BCUT2D eigenvalue weighted by Crippen LogP contribution is -2.37. The fraction of sp³-hybridized carbons (Fsp3) is 0.360. The number of ether oxygens (including phenoxy) is 1. The van der Waals surface area contributed by atoms with Crippen molar-refractivity contribution >= 4 is 12.0 Å². The Kier molecular flexibility index (Phi) is 7.34. The number of aromatic nitrogens is 3. The molecule has 0 unspecified atom stereocenters. The highest BCUT2D eigenvalue weighted by atomic mass is 16.5. The molecule has 1 aromatic carbocycles. The molecular weight excluding hydrogens is 386 g/mol. The number of hydrogen-bond acceptors (Lipinski definition) is 6. The zero-order chi connectivity index (χ0) is 21.3. The Balaban J connectivity index is 1.46. The van der Waals surface area contributed by atoms with Gasteiger partial charge in [0.2, 0.25) is 0 Å². The van der Waals surface area contributed by atoms with Gasteiger partial charge in [0.25, 0.3) is 0 Å². The molecule has 1 aliphatic heterocycles. The monoisotopic (exact) mass is 415 g/mol. The van der Waals surface area contributed by atoms with E-state index in [-0.39, 0.29) is 0 Å². The van der Waals surface area contributed by atoms with Crippen LogP contribution in [0.2, 0.25) is 0 Å². The maximum Gasteiger partial charge on any atom is 0.132 e. The van der Waals surface area contributed by atoms with E-state index in [1.54, 1.807) is 0 Å². The fourth-order valence-corrected chi connectivity index (χ4v) is 3.65. The lowest BCUT2D eigenvalue weighted by Gasteiger charge is -2.28. The van der Waals surface area contributed by atoms with Crippen LogP contribution in [0.25, 0.3) is 0 Å². The molecule has 4 rings (SSSR count). The van der Waals surface area contributed by atoms with Gasteiger partial charge in [-0.15, -0.1) is 0 Å². The Morgan fingerprint density at radius 2 is 1.90 bits per heavy atom. The van der Waals surface area contributed by atoms with Gasteiger partial charge in [-0.2, -0.15) is 0 Å². The molecular formula is C25H29N5O. The summed E-state index contributed by atoms with van der Waals surface area (Å²) in [5.74, 6) is 1.85. The Labute approximate surface area is 184 Å². The van der Waals surface area contributed by atoms with E-state index in [1.807, 2.05) is 24.5 Å². The van der Waals surface area contributed by atoms with E-state index in [1.165, 1.54) is 5.56 Å². The Morgan fingerprint density at radius 1 is 1.00 bits per heavy atom. The fourth-order valence-electron chi connectivity index (χ4n) is 3.65.